The summed E-state index contributed by atoms with van der Waals surface area (Å²) in [6.07, 6.45) is 4.39. The van der Waals surface area contributed by atoms with E-state index < -0.39 is 12.2 Å². The third-order valence-corrected chi connectivity index (χ3v) is 5.49. The zero-order chi connectivity index (χ0) is 19.5. The molecule has 146 valence electrons. The van der Waals surface area contributed by atoms with E-state index in [9.17, 15) is 9.18 Å². The summed E-state index contributed by atoms with van der Waals surface area (Å²) in [7, 11) is 0. The van der Waals surface area contributed by atoms with Gasteiger partial charge in [-0.1, -0.05) is 0 Å². The normalized spacial score (nSPS) is 23.6. The van der Waals surface area contributed by atoms with Crippen LogP contribution in [0.2, 0.25) is 0 Å². The lowest BCUT2D eigenvalue weighted by Gasteiger charge is -2.33. The quantitative estimate of drug-likeness (QED) is 0.870. The van der Waals surface area contributed by atoms with Gasteiger partial charge in [-0.15, -0.1) is 0 Å². The Hall–Kier alpha value is -2.79. The molecule has 2 aromatic heterocycles. The molecule has 0 spiro atoms. The molecule has 2 aromatic rings. The highest BCUT2D eigenvalue weighted by molar-refractivity contribution is 5.79. The van der Waals surface area contributed by atoms with Gasteiger partial charge in [-0.25, -0.2) is 14.4 Å². The van der Waals surface area contributed by atoms with Crippen molar-refractivity contribution < 1.29 is 9.18 Å². The Kier molecular flexibility index (Phi) is 5.35. The lowest BCUT2D eigenvalue weighted by atomic mass is 10.0. The molecule has 7 nitrogen and oxygen atoms in total. The van der Waals surface area contributed by atoms with E-state index in [0.29, 0.717) is 6.04 Å². The highest BCUT2D eigenvalue weighted by Crippen LogP contribution is 2.22. The minimum Gasteiger partial charge on any atom is -0.381 e. The van der Waals surface area contributed by atoms with Crippen LogP contribution < -0.4 is 5.32 Å². The molecule has 1 N–H and O–H groups in total. The number of aromatic nitrogens is 2. The van der Waals surface area contributed by atoms with E-state index in [2.05, 4.69) is 20.2 Å². The summed E-state index contributed by atoms with van der Waals surface area (Å²) in [5.74, 6) is -0.149. The molecule has 8 heteroatoms. The summed E-state index contributed by atoms with van der Waals surface area (Å²) in [5.41, 5.74) is 1.70. The zero-order valence-corrected chi connectivity index (χ0v) is 15.6. The molecule has 2 saturated heterocycles. The SMILES string of the molecule is N#CC1C[C@H](F)CN1C(=O)CN1CCC(Nc2cnc3ncccc3c2)CC1. The van der Waals surface area contributed by atoms with Crippen molar-refractivity contribution in [2.75, 3.05) is 31.5 Å². The van der Waals surface area contributed by atoms with Gasteiger partial charge in [0.2, 0.25) is 5.91 Å². The molecule has 0 saturated carbocycles. The monoisotopic (exact) mass is 382 g/mol. The van der Waals surface area contributed by atoms with Gasteiger partial charge in [0.05, 0.1) is 31.0 Å². The lowest BCUT2D eigenvalue weighted by Crippen LogP contribution is -2.46. The first-order chi connectivity index (χ1) is 13.6. The molecule has 4 heterocycles. The molecular formula is C20H23FN6O. The standard InChI is InChI=1S/C20H23FN6O/c21-15-9-18(10-22)27(12-15)19(28)13-26-6-3-16(4-7-26)25-17-8-14-2-1-5-23-20(14)24-11-17/h1-2,5,8,11,15-16,18,25H,3-4,6-7,9,12-13H2/t15-,18?/m0/s1. The number of rotatable bonds is 4. The van der Waals surface area contributed by atoms with Crippen LogP contribution in [0.4, 0.5) is 10.1 Å². The predicted octanol–water partition coefficient (Wildman–Crippen LogP) is 1.97. The molecule has 2 atom stereocenters. The lowest BCUT2D eigenvalue weighted by molar-refractivity contribution is -0.132. The number of nitrogens with one attached hydrogen (secondary N) is 1. The smallest absolute Gasteiger partial charge is 0.237 e. The van der Waals surface area contributed by atoms with Crippen molar-refractivity contribution in [1.82, 2.24) is 19.8 Å². The Bertz CT molecular complexity index is 892. The molecule has 0 bridgehead atoms. The van der Waals surface area contributed by atoms with Crippen molar-refractivity contribution in [2.45, 2.75) is 37.5 Å². The van der Waals surface area contributed by atoms with Crippen LogP contribution in [0.5, 0.6) is 0 Å². The first kappa shape index (κ1) is 18.6. The van der Waals surface area contributed by atoms with Crippen LogP contribution in [0, 0.1) is 11.3 Å². The Balaban J connectivity index is 1.28. The second-order valence-corrected chi connectivity index (χ2v) is 7.49. The molecule has 0 aromatic carbocycles. The van der Waals surface area contributed by atoms with E-state index in [1.165, 1.54) is 4.90 Å². The van der Waals surface area contributed by atoms with Gasteiger partial charge in [-0.2, -0.15) is 5.26 Å². The summed E-state index contributed by atoms with van der Waals surface area (Å²) in [4.78, 5) is 24.5. The predicted molar refractivity (Wildman–Crippen MR) is 103 cm³/mol. The fourth-order valence-electron chi connectivity index (χ4n) is 3.98. The van der Waals surface area contributed by atoms with Gasteiger partial charge < -0.3 is 10.2 Å². The molecule has 1 unspecified atom stereocenters. The summed E-state index contributed by atoms with van der Waals surface area (Å²) in [6.45, 7) is 1.87. The number of nitrogens with zero attached hydrogens (tertiary/aromatic N) is 5. The number of halogens is 1. The summed E-state index contributed by atoms with van der Waals surface area (Å²) < 4.78 is 13.5. The topological polar surface area (TPSA) is 85.2 Å². The van der Waals surface area contributed by atoms with Crippen LogP contribution in [0.3, 0.4) is 0 Å². The van der Waals surface area contributed by atoms with E-state index in [1.54, 1.807) is 12.4 Å². The van der Waals surface area contributed by atoms with E-state index in [4.69, 9.17) is 5.26 Å². The average Bonchev–Trinajstić information content (AvgIpc) is 3.10. The van der Waals surface area contributed by atoms with Gasteiger partial charge in [0.25, 0.3) is 0 Å². The van der Waals surface area contributed by atoms with Crippen LogP contribution in [0.25, 0.3) is 11.0 Å². The maximum absolute atomic E-state index is 13.5. The number of fused-ring (bicyclic) bond motifs is 1. The van der Waals surface area contributed by atoms with Crippen molar-refractivity contribution >= 4 is 22.6 Å². The van der Waals surface area contributed by atoms with Crippen molar-refractivity contribution in [3.05, 3.63) is 30.6 Å². The van der Waals surface area contributed by atoms with Gasteiger partial charge >= 0.3 is 0 Å². The van der Waals surface area contributed by atoms with Gasteiger partial charge in [0.1, 0.15) is 12.2 Å². The highest BCUT2D eigenvalue weighted by atomic mass is 19.1. The van der Waals surface area contributed by atoms with Crippen molar-refractivity contribution in [3.8, 4) is 6.07 Å². The third kappa shape index (κ3) is 4.04. The first-order valence-electron chi connectivity index (χ1n) is 9.65. The molecule has 2 aliphatic rings. The largest absolute Gasteiger partial charge is 0.381 e. The van der Waals surface area contributed by atoms with Crippen LogP contribution in [-0.4, -0.2) is 70.1 Å². The fourth-order valence-corrected chi connectivity index (χ4v) is 3.98. The molecule has 4 rings (SSSR count). The minimum absolute atomic E-state index is 0.0406. The van der Waals surface area contributed by atoms with Crippen LogP contribution in [0.15, 0.2) is 30.6 Å². The summed E-state index contributed by atoms with van der Waals surface area (Å²) >= 11 is 0. The average molecular weight is 382 g/mol. The molecule has 0 aliphatic carbocycles. The third-order valence-electron chi connectivity index (χ3n) is 5.49. The summed E-state index contributed by atoms with van der Waals surface area (Å²) in [6, 6.07) is 7.66. The van der Waals surface area contributed by atoms with E-state index in [1.807, 2.05) is 24.3 Å². The number of alkyl halides is 1. The van der Waals surface area contributed by atoms with Gasteiger partial charge in [-0.3, -0.25) is 9.69 Å². The van der Waals surface area contributed by atoms with E-state index in [0.717, 1.165) is 42.7 Å². The number of pyridine rings is 2. The van der Waals surface area contributed by atoms with Crippen LogP contribution in [-0.2, 0) is 4.79 Å². The number of hydrogen-bond acceptors (Lipinski definition) is 6. The maximum atomic E-state index is 13.5. The number of carbonyl (C=O) groups excluding carboxylic acids is 1. The van der Waals surface area contributed by atoms with Gasteiger partial charge in [0.15, 0.2) is 5.65 Å². The van der Waals surface area contributed by atoms with Crippen LogP contribution in [0.1, 0.15) is 19.3 Å². The Morgan fingerprint density at radius 3 is 2.96 bits per heavy atom. The molecule has 2 aliphatic heterocycles. The van der Waals surface area contributed by atoms with Crippen LogP contribution >= 0.6 is 0 Å². The van der Waals surface area contributed by atoms with Crippen molar-refractivity contribution in [1.29, 1.82) is 5.26 Å². The van der Waals surface area contributed by atoms with Crippen molar-refractivity contribution in [2.24, 2.45) is 0 Å². The number of nitriles is 1. The Morgan fingerprint density at radius 1 is 1.36 bits per heavy atom. The van der Waals surface area contributed by atoms with E-state index >= 15 is 0 Å². The zero-order valence-electron chi connectivity index (χ0n) is 15.6. The number of piperidine rings is 1. The number of hydrogen-bond donors (Lipinski definition) is 1. The summed E-state index contributed by atoms with van der Waals surface area (Å²) in [5, 5.41) is 13.6. The molecule has 28 heavy (non-hydrogen) atoms. The number of anilines is 1. The Morgan fingerprint density at radius 2 is 2.18 bits per heavy atom. The van der Waals surface area contributed by atoms with E-state index in [-0.39, 0.29) is 25.4 Å². The minimum atomic E-state index is -1.09. The molecular weight excluding hydrogens is 359 g/mol. The number of amides is 1. The molecule has 1 amide bonds. The molecule has 2 fully saturated rings. The first-order valence-corrected chi connectivity index (χ1v) is 9.65. The van der Waals surface area contributed by atoms with Gasteiger partial charge in [0, 0.05) is 37.1 Å². The Labute approximate surface area is 163 Å². The second-order valence-electron chi connectivity index (χ2n) is 7.49. The maximum Gasteiger partial charge on any atom is 0.237 e. The number of likely N-dealkylation sites (tertiary alicyclic amines) is 2. The van der Waals surface area contributed by atoms with Crippen molar-refractivity contribution in [3.63, 3.8) is 0 Å². The number of carbonyl (C=O) groups is 1. The van der Waals surface area contributed by atoms with Gasteiger partial charge in [-0.05, 0) is 31.0 Å². The highest BCUT2D eigenvalue weighted by Gasteiger charge is 2.36. The molecule has 0 radical (unpaired) electrons. The fraction of sp³-hybridized carbons (Fsp3) is 0.500. The second kappa shape index (κ2) is 8.07.